The van der Waals surface area contributed by atoms with E-state index in [2.05, 4.69) is 5.32 Å². The molecule has 0 spiro atoms. The molecule has 0 aromatic heterocycles. The maximum atomic E-state index is 13.7. The van der Waals surface area contributed by atoms with Gasteiger partial charge >= 0.3 is 5.97 Å². The number of anilines is 1. The molecule has 1 N–H and O–H groups in total. The predicted molar refractivity (Wildman–Crippen MR) is 191 cm³/mol. The van der Waals surface area contributed by atoms with Crippen LogP contribution in [0.25, 0.3) is 0 Å². The third-order valence-corrected chi connectivity index (χ3v) is 8.26. The molecule has 11 nitrogen and oxygen atoms in total. The maximum Gasteiger partial charge on any atom is 0.337 e. The number of benzene rings is 3. The van der Waals surface area contributed by atoms with Crippen molar-refractivity contribution in [2.45, 2.75) is 40.5 Å². The van der Waals surface area contributed by atoms with Gasteiger partial charge in [-0.15, -0.1) is 0 Å². The lowest BCUT2D eigenvalue weighted by Crippen LogP contribution is -2.31. The second-order valence-corrected chi connectivity index (χ2v) is 11.6. The molecule has 260 valence electrons. The molecule has 4 rings (SSSR count). The van der Waals surface area contributed by atoms with Crippen LogP contribution in [-0.4, -0.2) is 74.5 Å². The van der Waals surface area contributed by atoms with E-state index in [1.807, 2.05) is 64.1 Å². The third kappa shape index (κ3) is 10.3. The van der Waals surface area contributed by atoms with E-state index in [4.69, 9.17) is 28.7 Å². The van der Waals surface area contributed by atoms with Gasteiger partial charge in [-0.3, -0.25) is 19.5 Å². The zero-order chi connectivity index (χ0) is 35.2. The lowest BCUT2D eigenvalue weighted by atomic mass is 10.1. The van der Waals surface area contributed by atoms with Crippen molar-refractivity contribution in [3.8, 4) is 23.0 Å². The molecule has 12 heteroatoms. The first-order chi connectivity index (χ1) is 23.8. The molecule has 0 unspecified atom stereocenters. The lowest BCUT2D eigenvalue weighted by Gasteiger charge is -2.17. The summed E-state index contributed by atoms with van der Waals surface area (Å²) >= 11 is 1.16. The molecule has 0 bridgehead atoms. The molecular weight excluding hydrogens is 646 g/mol. The monoisotopic (exact) mass is 689 g/mol. The van der Waals surface area contributed by atoms with Gasteiger partial charge in [0.2, 0.25) is 5.91 Å². The second kappa shape index (κ2) is 18.5. The molecule has 0 radical (unpaired) electrons. The number of carbonyl (C=O) groups is 3. The Labute approximate surface area is 291 Å². The Morgan fingerprint density at radius 1 is 0.776 bits per heavy atom. The minimum Gasteiger partial charge on any atom is -0.490 e. The lowest BCUT2D eigenvalue weighted by molar-refractivity contribution is -0.122. The van der Waals surface area contributed by atoms with Crippen LogP contribution in [0.4, 0.5) is 5.69 Å². The van der Waals surface area contributed by atoms with Crippen molar-refractivity contribution < 1.29 is 38.1 Å². The van der Waals surface area contributed by atoms with Crippen LogP contribution in [-0.2, 0) is 27.2 Å². The summed E-state index contributed by atoms with van der Waals surface area (Å²) in [5, 5.41) is 3.26. The fourth-order valence-electron chi connectivity index (χ4n) is 4.95. The number of hydrogen-bond acceptors (Lipinski definition) is 10. The standard InChI is InChI=1S/C37H43N3O8S/c1-6-45-29-16-10-25(22-31(29)47-8-3)18-20-38-37-40(21-19-26-11-17-30(46-7-2)32(23-26)48-9-4)35(42)33(49-37)24-34(41)39-28-14-12-27(13-15-28)36(43)44-5/h10-17,22-24H,6-9,18-21H2,1-5H3,(H,39,41)/b33-24-,38-37?. The summed E-state index contributed by atoms with van der Waals surface area (Å²) in [6.07, 6.45) is 2.42. The molecule has 1 heterocycles. The number of amides is 2. The highest BCUT2D eigenvalue weighted by Gasteiger charge is 2.33. The van der Waals surface area contributed by atoms with E-state index in [9.17, 15) is 14.4 Å². The Morgan fingerprint density at radius 3 is 1.88 bits per heavy atom. The van der Waals surface area contributed by atoms with Gasteiger partial charge in [0.25, 0.3) is 5.91 Å². The van der Waals surface area contributed by atoms with Gasteiger partial charge in [0.05, 0.1) is 44.0 Å². The number of amidine groups is 1. The topological polar surface area (TPSA) is 125 Å². The van der Waals surface area contributed by atoms with Gasteiger partial charge < -0.3 is 29.0 Å². The summed E-state index contributed by atoms with van der Waals surface area (Å²) in [7, 11) is 1.30. The second-order valence-electron chi connectivity index (χ2n) is 10.6. The van der Waals surface area contributed by atoms with Crippen molar-refractivity contribution in [2.24, 2.45) is 4.99 Å². The summed E-state index contributed by atoms with van der Waals surface area (Å²) < 4.78 is 27.7. The number of hydrogen-bond donors (Lipinski definition) is 1. The summed E-state index contributed by atoms with van der Waals surface area (Å²) in [4.78, 5) is 45.1. The highest BCUT2D eigenvalue weighted by atomic mass is 32.2. The van der Waals surface area contributed by atoms with Crippen molar-refractivity contribution in [3.63, 3.8) is 0 Å². The Bertz CT molecular complexity index is 1670. The molecule has 0 saturated carbocycles. The van der Waals surface area contributed by atoms with E-state index < -0.39 is 11.9 Å². The molecule has 2 amide bonds. The number of esters is 1. The van der Waals surface area contributed by atoms with Crippen molar-refractivity contribution in [3.05, 3.63) is 88.3 Å². The van der Waals surface area contributed by atoms with Gasteiger partial charge in [-0.25, -0.2) is 4.79 Å². The van der Waals surface area contributed by atoms with Crippen LogP contribution in [0, 0.1) is 0 Å². The predicted octanol–water partition coefficient (Wildman–Crippen LogP) is 6.31. The van der Waals surface area contributed by atoms with Gasteiger partial charge in [-0.2, -0.15) is 0 Å². The third-order valence-electron chi connectivity index (χ3n) is 7.21. The van der Waals surface area contributed by atoms with E-state index >= 15 is 0 Å². The molecule has 3 aromatic carbocycles. The van der Waals surface area contributed by atoms with Crippen molar-refractivity contribution in [1.29, 1.82) is 0 Å². The van der Waals surface area contributed by atoms with E-state index in [0.717, 1.165) is 22.9 Å². The Balaban J connectivity index is 1.53. The number of nitrogens with zero attached hydrogens (tertiary/aromatic N) is 2. The molecule has 1 fully saturated rings. The largest absolute Gasteiger partial charge is 0.490 e. The van der Waals surface area contributed by atoms with Gasteiger partial charge in [0.15, 0.2) is 28.2 Å². The molecule has 0 atom stereocenters. The molecule has 0 aliphatic carbocycles. The normalized spacial score (nSPS) is 14.2. The van der Waals surface area contributed by atoms with Crippen LogP contribution >= 0.6 is 11.8 Å². The number of ether oxygens (including phenoxy) is 5. The average Bonchev–Trinajstić information content (AvgIpc) is 3.38. The first kappa shape index (κ1) is 36.9. The smallest absolute Gasteiger partial charge is 0.337 e. The molecule has 3 aromatic rings. The van der Waals surface area contributed by atoms with Gasteiger partial charge in [0.1, 0.15) is 0 Å². The first-order valence-corrected chi connectivity index (χ1v) is 17.1. The van der Waals surface area contributed by atoms with Crippen molar-refractivity contribution in [2.75, 3.05) is 51.9 Å². The van der Waals surface area contributed by atoms with Crippen LogP contribution < -0.4 is 24.3 Å². The number of methoxy groups -OCH3 is 1. The minimum atomic E-state index is -0.478. The van der Waals surface area contributed by atoms with E-state index in [0.29, 0.717) is 91.8 Å². The van der Waals surface area contributed by atoms with Crippen LogP contribution in [0.15, 0.2) is 76.6 Å². The van der Waals surface area contributed by atoms with E-state index in [1.165, 1.54) is 13.2 Å². The number of nitrogens with one attached hydrogen (secondary N) is 1. The van der Waals surface area contributed by atoms with Crippen LogP contribution in [0.1, 0.15) is 49.2 Å². The summed E-state index contributed by atoms with van der Waals surface area (Å²) in [5.41, 5.74) is 2.81. The number of thioether (sulfide) groups is 1. The highest BCUT2D eigenvalue weighted by Crippen LogP contribution is 2.33. The first-order valence-electron chi connectivity index (χ1n) is 16.3. The van der Waals surface area contributed by atoms with Crippen LogP contribution in [0.3, 0.4) is 0 Å². The van der Waals surface area contributed by atoms with Crippen LogP contribution in [0.5, 0.6) is 23.0 Å². The Hall–Kier alpha value is -4.97. The molecule has 1 aliphatic rings. The summed E-state index contributed by atoms with van der Waals surface area (Å²) in [6, 6.07) is 17.9. The zero-order valence-electron chi connectivity index (χ0n) is 28.6. The SMILES string of the molecule is CCOc1ccc(CCN=C2S/C(=C\C(=O)Nc3ccc(C(=O)OC)cc3)C(=O)N2CCc2ccc(OCC)c(OCC)c2)cc1OCC. The van der Waals surface area contributed by atoms with Crippen molar-refractivity contribution in [1.82, 2.24) is 4.90 Å². The molecule has 49 heavy (non-hydrogen) atoms. The van der Waals surface area contributed by atoms with E-state index in [-0.39, 0.29) is 10.8 Å². The fourth-order valence-corrected chi connectivity index (χ4v) is 5.95. The number of carbonyl (C=O) groups excluding carboxylic acids is 3. The number of rotatable bonds is 17. The highest BCUT2D eigenvalue weighted by molar-refractivity contribution is 8.18. The summed E-state index contributed by atoms with van der Waals surface area (Å²) in [6.45, 7) is 10.5. The molecular formula is C37H43N3O8S. The fraction of sp³-hybridized carbons (Fsp3) is 0.351. The summed E-state index contributed by atoms with van der Waals surface area (Å²) in [5.74, 6) is 1.43. The minimum absolute atomic E-state index is 0.254. The van der Waals surface area contributed by atoms with E-state index in [1.54, 1.807) is 29.2 Å². The van der Waals surface area contributed by atoms with Gasteiger partial charge in [-0.05, 0) is 112 Å². The molecule has 1 aliphatic heterocycles. The average molecular weight is 690 g/mol. The van der Waals surface area contributed by atoms with Crippen LogP contribution in [0.2, 0.25) is 0 Å². The number of aliphatic imine (C=N–C) groups is 1. The Morgan fingerprint density at radius 2 is 1.33 bits per heavy atom. The molecule has 1 saturated heterocycles. The zero-order valence-corrected chi connectivity index (χ0v) is 29.4. The van der Waals surface area contributed by atoms with Gasteiger partial charge in [-0.1, -0.05) is 12.1 Å². The van der Waals surface area contributed by atoms with Gasteiger partial charge in [0, 0.05) is 24.9 Å². The maximum absolute atomic E-state index is 13.7. The van der Waals surface area contributed by atoms with Crippen molar-refractivity contribution >= 4 is 40.4 Å². The quantitative estimate of drug-likeness (QED) is 0.128. The Kier molecular flexibility index (Phi) is 13.9.